The standard InChI is InChI=1S/C13H7BrClN5/c14-12-11(8-3-1-7(6-16)2-4-8)18-13(17)9-5-10(15)19-20(9)12/h1-5H,(H2,17,18). The number of halogens is 2. The van der Waals surface area contributed by atoms with Crippen LogP contribution in [0.15, 0.2) is 34.9 Å². The van der Waals surface area contributed by atoms with Crippen molar-refractivity contribution in [2.75, 3.05) is 5.73 Å². The molecule has 0 saturated carbocycles. The summed E-state index contributed by atoms with van der Waals surface area (Å²) in [6, 6.07) is 10.8. The Bertz CT molecular complexity index is 848. The predicted molar refractivity (Wildman–Crippen MR) is 80.3 cm³/mol. The van der Waals surface area contributed by atoms with Crippen molar-refractivity contribution in [2.45, 2.75) is 0 Å². The first kappa shape index (κ1) is 12.9. The van der Waals surface area contributed by atoms with Crippen LogP contribution in [-0.2, 0) is 0 Å². The lowest BCUT2D eigenvalue weighted by molar-refractivity contribution is 0.926. The van der Waals surface area contributed by atoms with E-state index < -0.39 is 0 Å². The van der Waals surface area contributed by atoms with Gasteiger partial charge in [-0.15, -0.1) is 0 Å². The number of rotatable bonds is 1. The highest BCUT2D eigenvalue weighted by molar-refractivity contribution is 9.10. The number of nitrogen functional groups attached to an aromatic ring is 1. The van der Waals surface area contributed by atoms with Crippen molar-refractivity contribution >= 4 is 38.9 Å². The van der Waals surface area contributed by atoms with E-state index in [1.807, 2.05) is 12.1 Å². The number of nitrogens with zero attached hydrogens (tertiary/aromatic N) is 4. The van der Waals surface area contributed by atoms with E-state index in [9.17, 15) is 0 Å². The monoisotopic (exact) mass is 347 g/mol. The maximum atomic E-state index is 8.82. The lowest BCUT2D eigenvalue weighted by Crippen LogP contribution is -2.01. The highest BCUT2D eigenvalue weighted by Gasteiger charge is 2.14. The van der Waals surface area contributed by atoms with Gasteiger partial charge >= 0.3 is 0 Å². The number of benzene rings is 1. The first-order valence-electron chi connectivity index (χ1n) is 5.61. The molecule has 0 unspecified atom stereocenters. The number of nitriles is 1. The third-order valence-corrected chi connectivity index (χ3v) is 3.74. The summed E-state index contributed by atoms with van der Waals surface area (Å²) in [5.74, 6) is 0.340. The lowest BCUT2D eigenvalue weighted by Gasteiger charge is -2.08. The summed E-state index contributed by atoms with van der Waals surface area (Å²) in [5.41, 5.74) is 8.62. The number of hydrogen-bond donors (Lipinski definition) is 1. The molecule has 5 nitrogen and oxygen atoms in total. The summed E-state index contributed by atoms with van der Waals surface area (Å²) in [4.78, 5) is 4.37. The summed E-state index contributed by atoms with van der Waals surface area (Å²) in [6.07, 6.45) is 0. The van der Waals surface area contributed by atoms with Crippen LogP contribution in [0.5, 0.6) is 0 Å². The van der Waals surface area contributed by atoms with Gasteiger partial charge in [-0.05, 0) is 28.1 Å². The molecule has 0 aliphatic rings. The molecule has 0 spiro atoms. The number of hydrogen-bond acceptors (Lipinski definition) is 4. The van der Waals surface area contributed by atoms with Crippen LogP contribution in [0.3, 0.4) is 0 Å². The van der Waals surface area contributed by atoms with Crippen LogP contribution in [0, 0.1) is 11.3 Å². The molecule has 0 aliphatic heterocycles. The molecular weight excluding hydrogens is 342 g/mol. The van der Waals surface area contributed by atoms with Crippen molar-refractivity contribution in [1.82, 2.24) is 14.6 Å². The van der Waals surface area contributed by atoms with Crippen LogP contribution in [0.1, 0.15) is 5.56 Å². The topological polar surface area (TPSA) is 80.0 Å². The molecule has 0 fully saturated rings. The van der Waals surface area contributed by atoms with Gasteiger partial charge in [0.1, 0.15) is 21.6 Å². The normalized spacial score (nSPS) is 10.7. The Kier molecular flexibility index (Phi) is 3.08. The molecule has 0 bridgehead atoms. The second-order valence-corrected chi connectivity index (χ2v) is 5.23. The minimum atomic E-state index is 0.340. The molecule has 0 atom stereocenters. The Morgan fingerprint density at radius 1 is 1.30 bits per heavy atom. The minimum absolute atomic E-state index is 0.340. The molecule has 0 amide bonds. The Balaban J connectivity index is 2.25. The molecule has 0 saturated heterocycles. The number of anilines is 1. The number of fused-ring (bicyclic) bond motifs is 1. The van der Waals surface area contributed by atoms with Crippen LogP contribution in [0.4, 0.5) is 5.82 Å². The highest BCUT2D eigenvalue weighted by Crippen LogP contribution is 2.30. The molecule has 98 valence electrons. The van der Waals surface area contributed by atoms with Crippen LogP contribution in [0.2, 0.25) is 5.15 Å². The van der Waals surface area contributed by atoms with Crippen molar-refractivity contribution in [2.24, 2.45) is 0 Å². The molecule has 3 rings (SSSR count). The first-order chi connectivity index (χ1) is 9.60. The van der Waals surface area contributed by atoms with Crippen molar-refractivity contribution < 1.29 is 0 Å². The fraction of sp³-hybridized carbons (Fsp3) is 0. The summed E-state index contributed by atoms with van der Waals surface area (Å²) in [5, 5.41) is 13.3. The summed E-state index contributed by atoms with van der Waals surface area (Å²) in [6.45, 7) is 0. The van der Waals surface area contributed by atoms with Crippen LogP contribution >= 0.6 is 27.5 Å². The zero-order chi connectivity index (χ0) is 14.3. The van der Waals surface area contributed by atoms with E-state index >= 15 is 0 Å². The Hall–Kier alpha value is -2.10. The SMILES string of the molecule is N#Cc1ccc(-c2nc(N)c3cc(Cl)nn3c2Br)cc1. The maximum absolute atomic E-state index is 8.82. The van der Waals surface area contributed by atoms with Crippen LogP contribution < -0.4 is 5.73 Å². The van der Waals surface area contributed by atoms with Crippen LogP contribution in [0.25, 0.3) is 16.8 Å². The van der Waals surface area contributed by atoms with Gasteiger partial charge in [-0.1, -0.05) is 23.7 Å². The third-order valence-electron chi connectivity index (χ3n) is 2.84. The van der Waals surface area contributed by atoms with Gasteiger partial charge in [-0.3, -0.25) is 0 Å². The van der Waals surface area contributed by atoms with Gasteiger partial charge in [-0.2, -0.15) is 10.4 Å². The van der Waals surface area contributed by atoms with E-state index in [-0.39, 0.29) is 0 Å². The second-order valence-electron chi connectivity index (χ2n) is 4.09. The Morgan fingerprint density at radius 2 is 2.00 bits per heavy atom. The Morgan fingerprint density at radius 3 is 2.65 bits per heavy atom. The highest BCUT2D eigenvalue weighted by atomic mass is 79.9. The van der Waals surface area contributed by atoms with E-state index in [0.29, 0.717) is 32.3 Å². The third kappa shape index (κ3) is 2.01. The van der Waals surface area contributed by atoms with Gasteiger partial charge in [-0.25, -0.2) is 9.50 Å². The van der Waals surface area contributed by atoms with Gasteiger partial charge in [0.15, 0.2) is 5.15 Å². The molecule has 7 heteroatoms. The fourth-order valence-corrected chi connectivity index (χ4v) is 2.66. The molecule has 0 aliphatic carbocycles. The molecule has 0 radical (unpaired) electrons. The lowest BCUT2D eigenvalue weighted by atomic mass is 10.1. The Labute approximate surface area is 127 Å². The summed E-state index contributed by atoms with van der Waals surface area (Å²) in [7, 11) is 0. The van der Waals surface area contributed by atoms with Crippen molar-refractivity contribution in [3.63, 3.8) is 0 Å². The van der Waals surface area contributed by atoms with Crippen molar-refractivity contribution in [3.8, 4) is 17.3 Å². The zero-order valence-electron chi connectivity index (χ0n) is 10.0. The molecule has 1 aromatic carbocycles. The summed E-state index contributed by atoms with van der Waals surface area (Å²) < 4.78 is 2.25. The zero-order valence-corrected chi connectivity index (χ0v) is 12.4. The number of nitrogens with two attached hydrogens (primary N) is 1. The van der Waals surface area contributed by atoms with Gasteiger partial charge in [0, 0.05) is 11.6 Å². The molecule has 2 aromatic heterocycles. The van der Waals surface area contributed by atoms with Crippen molar-refractivity contribution in [3.05, 3.63) is 45.7 Å². The quantitative estimate of drug-likeness (QED) is 0.732. The molecule has 2 heterocycles. The first-order valence-corrected chi connectivity index (χ1v) is 6.78. The molecular formula is C13H7BrClN5. The smallest absolute Gasteiger partial charge is 0.152 e. The summed E-state index contributed by atoms with van der Waals surface area (Å²) >= 11 is 9.35. The molecule has 20 heavy (non-hydrogen) atoms. The van der Waals surface area contributed by atoms with Gasteiger partial charge in [0.05, 0.1) is 11.6 Å². The van der Waals surface area contributed by atoms with E-state index in [1.165, 1.54) is 0 Å². The molecule has 3 aromatic rings. The fourth-order valence-electron chi connectivity index (χ4n) is 1.89. The van der Waals surface area contributed by atoms with Crippen molar-refractivity contribution in [1.29, 1.82) is 5.26 Å². The minimum Gasteiger partial charge on any atom is -0.382 e. The predicted octanol–water partition coefficient (Wildman–Crippen LogP) is 3.27. The van der Waals surface area contributed by atoms with Gasteiger partial charge < -0.3 is 5.73 Å². The van der Waals surface area contributed by atoms with Crippen LogP contribution in [-0.4, -0.2) is 14.6 Å². The maximum Gasteiger partial charge on any atom is 0.152 e. The average molecular weight is 349 g/mol. The second kappa shape index (κ2) is 4.78. The van der Waals surface area contributed by atoms with E-state index in [4.69, 9.17) is 22.6 Å². The van der Waals surface area contributed by atoms with E-state index in [2.05, 4.69) is 32.1 Å². The largest absolute Gasteiger partial charge is 0.382 e. The van der Waals surface area contributed by atoms with E-state index in [1.54, 1.807) is 22.7 Å². The van der Waals surface area contributed by atoms with Gasteiger partial charge in [0.2, 0.25) is 0 Å². The number of aromatic nitrogens is 3. The molecule has 2 N–H and O–H groups in total. The van der Waals surface area contributed by atoms with Gasteiger partial charge in [0.25, 0.3) is 0 Å². The average Bonchev–Trinajstić information content (AvgIpc) is 2.86. The van der Waals surface area contributed by atoms with E-state index in [0.717, 1.165) is 5.56 Å².